The Morgan fingerprint density at radius 1 is 1.11 bits per heavy atom. The highest BCUT2D eigenvalue weighted by Crippen LogP contribution is 2.30. The SMILES string of the molecule is O=C(Nc1ccc(Cl)c(C(=O)c2c[nH]c3ncnc(N[C@@H]4CC[C@@H](CO)OC4)c23)c1)c1ccccc1. The largest absolute Gasteiger partial charge is 0.394 e. The van der Waals surface area contributed by atoms with Crippen molar-refractivity contribution in [3.05, 3.63) is 82.8 Å². The zero-order valence-corrected chi connectivity index (χ0v) is 20.0. The van der Waals surface area contributed by atoms with Crippen LogP contribution in [0.4, 0.5) is 11.5 Å². The number of benzene rings is 2. The Balaban J connectivity index is 1.42. The van der Waals surface area contributed by atoms with E-state index >= 15 is 0 Å². The number of carbonyl (C=O) groups is 2. The normalized spacial score (nSPS) is 17.6. The highest BCUT2D eigenvalue weighted by Gasteiger charge is 2.25. The number of ketones is 1. The number of amides is 1. The van der Waals surface area contributed by atoms with Gasteiger partial charge in [0.2, 0.25) is 0 Å². The fourth-order valence-corrected chi connectivity index (χ4v) is 4.43. The molecule has 10 heteroatoms. The van der Waals surface area contributed by atoms with Gasteiger partial charge in [0.15, 0.2) is 5.78 Å². The van der Waals surface area contributed by atoms with E-state index < -0.39 is 0 Å². The van der Waals surface area contributed by atoms with Crippen LogP contribution in [0.2, 0.25) is 5.02 Å². The van der Waals surface area contributed by atoms with Crippen molar-refractivity contribution in [3.8, 4) is 0 Å². The fourth-order valence-electron chi connectivity index (χ4n) is 4.22. The number of rotatable bonds is 7. The molecule has 0 saturated carbocycles. The van der Waals surface area contributed by atoms with E-state index in [2.05, 4.69) is 25.6 Å². The third kappa shape index (κ3) is 4.94. The lowest BCUT2D eigenvalue weighted by molar-refractivity contribution is -0.0224. The minimum absolute atomic E-state index is 0.00738. The van der Waals surface area contributed by atoms with Crippen LogP contribution >= 0.6 is 11.6 Å². The number of H-pyrrole nitrogens is 1. The summed E-state index contributed by atoms with van der Waals surface area (Å²) in [6, 6.07) is 13.6. The van der Waals surface area contributed by atoms with Gasteiger partial charge in [-0.25, -0.2) is 9.97 Å². The number of aliphatic hydroxyl groups excluding tert-OH is 1. The molecule has 1 aliphatic rings. The molecule has 0 aliphatic carbocycles. The molecule has 3 heterocycles. The second-order valence-corrected chi connectivity index (χ2v) is 8.96. The topological polar surface area (TPSA) is 129 Å². The average molecular weight is 506 g/mol. The van der Waals surface area contributed by atoms with E-state index in [4.69, 9.17) is 16.3 Å². The number of hydrogen-bond acceptors (Lipinski definition) is 7. The summed E-state index contributed by atoms with van der Waals surface area (Å²) >= 11 is 6.41. The third-order valence-electron chi connectivity index (χ3n) is 6.13. The summed E-state index contributed by atoms with van der Waals surface area (Å²) in [4.78, 5) is 37.9. The van der Waals surface area contributed by atoms with Crippen molar-refractivity contribution in [2.24, 2.45) is 0 Å². The van der Waals surface area contributed by atoms with Gasteiger partial charge in [-0.1, -0.05) is 29.8 Å². The van der Waals surface area contributed by atoms with Crippen molar-refractivity contribution in [1.82, 2.24) is 15.0 Å². The molecule has 1 amide bonds. The Labute approximate surface area is 211 Å². The van der Waals surface area contributed by atoms with Gasteiger partial charge < -0.3 is 25.5 Å². The second kappa shape index (κ2) is 10.4. The molecule has 0 radical (unpaired) electrons. The summed E-state index contributed by atoms with van der Waals surface area (Å²) in [5.74, 6) is -0.119. The monoisotopic (exact) mass is 505 g/mol. The first-order valence-corrected chi connectivity index (χ1v) is 11.9. The van der Waals surface area contributed by atoms with Gasteiger partial charge in [-0.2, -0.15) is 0 Å². The predicted octanol–water partition coefficient (Wildman–Crippen LogP) is 4.05. The van der Waals surface area contributed by atoms with Gasteiger partial charge in [0, 0.05) is 23.0 Å². The van der Waals surface area contributed by atoms with E-state index in [9.17, 15) is 14.7 Å². The highest BCUT2D eigenvalue weighted by atomic mass is 35.5. The van der Waals surface area contributed by atoms with Gasteiger partial charge in [0.05, 0.1) is 41.3 Å². The van der Waals surface area contributed by atoms with Crippen molar-refractivity contribution in [2.75, 3.05) is 23.8 Å². The molecule has 36 heavy (non-hydrogen) atoms. The summed E-state index contributed by atoms with van der Waals surface area (Å²) < 4.78 is 5.66. The zero-order chi connectivity index (χ0) is 25.1. The number of halogens is 1. The van der Waals surface area contributed by atoms with Crippen LogP contribution in [-0.4, -0.2) is 57.1 Å². The standard InChI is InChI=1S/C26H24ClN5O4/c27-21-9-7-16(32-26(35)15-4-2-1-3-5-15)10-19(21)23(34)20-11-28-24-22(20)25(30-14-29-24)31-17-6-8-18(12-33)36-13-17/h1-5,7,9-11,14,17-18,33H,6,8,12-13H2,(H,32,35)(H2,28,29,30,31)/t17-,18+/m1/s1. The molecule has 4 N–H and O–H groups in total. The number of nitrogens with one attached hydrogen (secondary N) is 3. The van der Waals surface area contributed by atoms with E-state index in [1.807, 2.05) is 6.07 Å². The van der Waals surface area contributed by atoms with Crippen molar-refractivity contribution >= 4 is 45.8 Å². The smallest absolute Gasteiger partial charge is 0.255 e. The Hall–Kier alpha value is -3.79. The van der Waals surface area contributed by atoms with Crippen LogP contribution in [0.15, 0.2) is 61.1 Å². The maximum Gasteiger partial charge on any atom is 0.255 e. The number of hydrogen-bond donors (Lipinski definition) is 4. The molecule has 5 rings (SSSR count). The van der Waals surface area contributed by atoms with Crippen LogP contribution in [-0.2, 0) is 4.74 Å². The van der Waals surface area contributed by atoms with E-state index in [-0.39, 0.29) is 41.0 Å². The van der Waals surface area contributed by atoms with Crippen LogP contribution < -0.4 is 10.6 Å². The molecule has 4 aromatic rings. The maximum absolute atomic E-state index is 13.6. The number of anilines is 2. The maximum atomic E-state index is 13.6. The number of aliphatic hydroxyl groups is 1. The minimum atomic E-state index is -0.333. The predicted molar refractivity (Wildman–Crippen MR) is 137 cm³/mol. The molecule has 0 unspecified atom stereocenters. The van der Waals surface area contributed by atoms with Gasteiger partial charge in [-0.05, 0) is 43.2 Å². The summed E-state index contributed by atoms with van der Waals surface area (Å²) in [6.45, 7) is 0.409. The molecule has 9 nitrogen and oxygen atoms in total. The average Bonchev–Trinajstić information content (AvgIpc) is 3.35. The third-order valence-corrected chi connectivity index (χ3v) is 6.46. The first-order chi connectivity index (χ1) is 17.5. The zero-order valence-electron chi connectivity index (χ0n) is 19.2. The summed E-state index contributed by atoms with van der Waals surface area (Å²) in [7, 11) is 0. The van der Waals surface area contributed by atoms with E-state index in [0.717, 1.165) is 12.8 Å². The van der Waals surface area contributed by atoms with Crippen LogP contribution in [0.1, 0.15) is 39.1 Å². The lowest BCUT2D eigenvalue weighted by Crippen LogP contribution is -2.36. The van der Waals surface area contributed by atoms with E-state index in [1.165, 1.54) is 6.33 Å². The minimum Gasteiger partial charge on any atom is -0.394 e. The van der Waals surface area contributed by atoms with E-state index in [0.29, 0.717) is 40.3 Å². The molecular formula is C26H24ClN5O4. The fraction of sp³-hybridized carbons (Fsp3) is 0.231. The van der Waals surface area contributed by atoms with E-state index in [1.54, 1.807) is 48.7 Å². The molecule has 184 valence electrons. The molecule has 1 aliphatic heterocycles. The first kappa shape index (κ1) is 23.9. The van der Waals surface area contributed by atoms with Gasteiger partial charge in [0.25, 0.3) is 5.91 Å². The number of nitrogens with zero attached hydrogens (tertiary/aromatic N) is 2. The van der Waals surface area contributed by atoms with Crippen LogP contribution in [0.25, 0.3) is 11.0 Å². The van der Waals surface area contributed by atoms with Gasteiger partial charge >= 0.3 is 0 Å². The second-order valence-electron chi connectivity index (χ2n) is 8.55. The molecule has 2 atom stereocenters. The van der Waals surface area contributed by atoms with Crippen molar-refractivity contribution in [2.45, 2.75) is 25.0 Å². The van der Waals surface area contributed by atoms with Crippen molar-refractivity contribution in [1.29, 1.82) is 0 Å². The van der Waals surface area contributed by atoms with Crippen LogP contribution in [0.3, 0.4) is 0 Å². The Bertz CT molecular complexity index is 1400. The lowest BCUT2D eigenvalue weighted by atomic mass is 10.0. The molecular weight excluding hydrogens is 482 g/mol. The van der Waals surface area contributed by atoms with Crippen LogP contribution in [0.5, 0.6) is 0 Å². The number of fused-ring (bicyclic) bond motifs is 1. The van der Waals surface area contributed by atoms with Crippen LogP contribution in [0, 0.1) is 0 Å². The first-order valence-electron chi connectivity index (χ1n) is 11.5. The van der Waals surface area contributed by atoms with Gasteiger partial charge in [-0.3, -0.25) is 9.59 Å². The number of carbonyl (C=O) groups excluding carboxylic acids is 2. The van der Waals surface area contributed by atoms with Crippen molar-refractivity contribution in [3.63, 3.8) is 0 Å². The molecule has 0 bridgehead atoms. The number of aromatic nitrogens is 3. The Kier molecular flexibility index (Phi) is 6.95. The molecule has 0 spiro atoms. The summed E-state index contributed by atoms with van der Waals surface area (Å²) in [6.07, 6.45) is 4.35. The highest BCUT2D eigenvalue weighted by molar-refractivity contribution is 6.36. The Morgan fingerprint density at radius 2 is 1.94 bits per heavy atom. The summed E-state index contributed by atoms with van der Waals surface area (Å²) in [5.41, 5.74) is 2.05. The number of aromatic amines is 1. The molecule has 1 saturated heterocycles. The van der Waals surface area contributed by atoms with Gasteiger partial charge in [-0.15, -0.1) is 0 Å². The van der Waals surface area contributed by atoms with Gasteiger partial charge in [0.1, 0.15) is 17.8 Å². The Morgan fingerprint density at radius 3 is 2.69 bits per heavy atom. The van der Waals surface area contributed by atoms with Crippen molar-refractivity contribution < 1.29 is 19.4 Å². The quantitative estimate of drug-likeness (QED) is 0.279. The molecule has 2 aromatic carbocycles. The number of ether oxygens (including phenoxy) is 1. The molecule has 2 aromatic heterocycles. The molecule has 1 fully saturated rings. The summed E-state index contributed by atoms with van der Waals surface area (Å²) in [5, 5.41) is 16.3. The lowest BCUT2D eigenvalue weighted by Gasteiger charge is -2.29.